The van der Waals surface area contributed by atoms with Crippen LogP contribution in [0.5, 0.6) is 0 Å². The minimum absolute atomic E-state index is 0.168. The van der Waals surface area contributed by atoms with Gasteiger partial charge in [0.05, 0.1) is 5.69 Å². The summed E-state index contributed by atoms with van der Waals surface area (Å²) in [6.45, 7) is 1.65. The fourth-order valence-electron chi connectivity index (χ4n) is 2.12. The SMILES string of the molecule is C[C@H](Nc1ccc(S(=O)(=O)Nc2cc(F)cc(F)c2)cn1)C(=O)N(C)C. The van der Waals surface area contributed by atoms with Crippen LogP contribution in [0.4, 0.5) is 20.3 Å². The molecule has 26 heavy (non-hydrogen) atoms. The summed E-state index contributed by atoms with van der Waals surface area (Å²) in [6.07, 6.45) is 1.08. The van der Waals surface area contributed by atoms with Crippen LogP contribution in [-0.2, 0) is 14.8 Å². The van der Waals surface area contributed by atoms with Crippen molar-refractivity contribution in [3.05, 3.63) is 48.2 Å². The maximum absolute atomic E-state index is 13.2. The lowest BCUT2D eigenvalue weighted by Crippen LogP contribution is -2.36. The molecule has 0 saturated carbocycles. The van der Waals surface area contributed by atoms with Crippen LogP contribution in [0, 0.1) is 11.6 Å². The Hall–Kier alpha value is -2.75. The Kier molecular flexibility index (Phi) is 5.76. The lowest BCUT2D eigenvalue weighted by atomic mass is 10.3. The predicted octanol–water partition coefficient (Wildman–Crippen LogP) is 2.05. The van der Waals surface area contributed by atoms with E-state index in [1.165, 1.54) is 17.0 Å². The molecule has 10 heteroatoms. The van der Waals surface area contributed by atoms with E-state index in [1.54, 1.807) is 21.0 Å². The molecule has 0 fully saturated rings. The van der Waals surface area contributed by atoms with E-state index < -0.39 is 27.7 Å². The van der Waals surface area contributed by atoms with Crippen molar-refractivity contribution in [1.82, 2.24) is 9.88 Å². The van der Waals surface area contributed by atoms with Gasteiger partial charge in [0.1, 0.15) is 28.4 Å². The van der Waals surface area contributed by atoms with Gasteiger partial charge >= 0.3 is 0 Å². The molecule has 0 unspecified atom stereocenters. The number of aromatic nitrogens is 1. The van der Waals surface area contributed by atoms with Gasteiger partial charge in [0.25, 0.3) is 10.0 Å². The number of sulfonamides is 1. The third-order valence-corrected chi connectivity index (χ3v) is 4.70. The second-order valence-corrected chi connectivity index (χ2v) is 7.42. The van der Waals surface area contributed by atoms with E-state index in [9.17, 15) is 22.0 Å². The second kappa shape index (κ2) is 7.65. The Morgan fingerprint density at radius 2 is 1.77 bits per heavy atom. The van der Waals surface area contributed by atoms with Gasteiger partial charge in [0, 0.05) is 26.4 Å². The van der Waals surface area contributed by atoms with E-state index in [-0.39, 0.29) is 16.5 Å². The average molecular weight is 384 g/mol. The monoisotopic (exact) mass is 384 g/mol. The lowest BCUT2D eigenvalue weighted by molar-refractivity contribution is -0.129. The molecule has 0 aliphatic heterocycles. The zero-order valence-electron chi connectivity index (χ0n) is 14.3. The number of carbonyl (C=O) groups excluding carboxylic acids is 1. The van der Waals surface area contributed by atoms with Crippen molar-refractivity contribution in [2.45, 2.75) is 17.9 Å². The molecule has 0 aliphatic carbocycles. The fraction of sp³-hybridized carbons (Fsp3) is 0.250. The highest BCUT2D eigenvalue weighted by Crippen LogP contribution is 2.19. The number of hydrogen-bond donors (Lipinski definition) is 2. The normalized spacial score (nSPS) is 12.3. The number of anilines is 2. The van der Waals surface area contributed by atoms with Crippen molar-refractivity contribution in [2.75, 3.05) is 24.1 Å². The Bertz CT molecular complexity index is 882. The van der Waals surface area contributed by atoms with Crippen molar-refractivity contribution in [3.63, 3.8) is 0 Å². The first-order valence-electron chi connectivity index (χ1n) is 7.51. The first kappa shape index (κ1) is 19.6. The third-order valence-electron chi connectivity index (χ3n) is 3.34. The zero-order chi connectivity index (χ0) is 19.5. The molecule has 1 amide bonds. The molecule has 2 N–H and O–H groups in total. The van der Waals surface area contributed by atoms with Gasteiger partial charge in [0.15, 0.2) is 0 Å². The van der Waals surface area contributed by atoms with Gasteiger partial charge in [0.2, 0.25) is 5.91 Å². The number of benzene rings is 1. The molecular formula is C16H18F2N4O3S. The van der Waals surface area contributed by atoms with Crippen LogP contribution < -0.4 is 10.0 Å². The highest BCUT2D eigenvalue weighted by Gasteiger charge is 2.18. The van der Waals surface area contributed by atoms with Crippen LogP contribution >= 0.6 is 0 Å². The van der Waals surface area contributed by atoms with E-state index in [0.29, 0.717) is 11.9 Å². The maximum atomic E-state index is 13.2. The highest BCUT2D eigenvalue weighted by atomic mass is 32.2. The average Bonchev–Trinajstić information content (AvgIpc) is 2.53. The summed E-state index contributed by atoms with van der Waals surface area (Å²) in [7, 11) is -0.839. The Labute approximate surface area is 150 Å². The molecule has 1 heterocycles. The molecule has 0 spiro atoms. The maximum Gasteiger partial charge on any atom is 0.263 e. The van der Waals surface area contributed by atoms with E-state index in [2.05, 4.69) is 15.0 Å². The quantitative estimate of drug-likeness (QED) is 0.795. The Balaban J connectivity index is 2.14. The molecule has 7 nitrogen and oxygen atoms in total. The number of pyridine rings is 1. The third kappa shape index (κ3) is 4.88. The number of nitrogens with one attached hydrogen (secondary N) is 2. The summed E-state index contributed by atoms with van der Waals surface area (Å²) in [4.78, 5) is 17.0. The summed E-state index contributed by atoms with van der Waals surface area (Å²) in [5.74, 6) is -1.67. The number of nitrogens with zero attached hydrogens (tertiary/aromatic N) is 2. The molecule has 1 aromatic carbocycles. The summed E-state index contributed by atoms with van der Waals surface area (Å²) in [6, 6.07) is 4.46. The highest BCUT2D eigenvalue weighted by molar-refractivity contribution is 7.92. The standard InChI is InChI=1S/C16H18F2N4O3S/c1-10(16(23)22(2)3)20-15-5-4-14(9-19-15)26(24,25)21-13-7-11(17)6-12(18)8-13/h4-10,21H,1-3H3,(H,19,20)/t10-/m0/s1. The van der Waals surface area contributed by atoms with Crippen molar-refractivity contribution < 1.29 is 22.0 Å². The number of hydrogen-bond acceptors (Lipinski definition) is 5. The minimum atomic E-state index is -4.07. The molecule has 0 radical (unpaired) electrons. The summed E-state index contributed by atoms with van der Waals surface area (Å²) < 4.78 is 53.0. The van der Waals surface area contributed by atoms with Crippen LogP contribution in [0.1, 0.15) is 6.92 Å². The van der Waals surface area contributed by atoms with Crippen molar-refractivity contribution in [1.29, 1.82) is 0 Å². The minimum Gasteiger partial charge on any atom is -0.359 e. The fourth-order valence-corrected chi connectivity index (χ4v) is 3.11. The molecule has 140 valence electrons. The van der Waals surface area contributed by atoms with E-state index in [0.717, 1.165) is 18.3 Å². The van der Waals surface area contributed by atoms with Gasteiger partial charge < -0.3 is 10.2 Å². The molecule has 2 rings (SSSR count). The zero-order valence-corrected chi connectivity index (χ0v) is 15.1. The van der Waals surface area contributed by atoms with E-state index >= 15 is 0 Å². The van der Waals surface area contributed by atoms with Gasteiger partial charge in [-0.05, 0) is 31.2 Å². The molecule has 1 atom stereocenters. The van der Waals surface area contributed by atoms with Gasteiger partial charge in [-0.1, -0.05) is 0 Å². The Morgan fingerprint density at radius 3 is 2.27 bits per heavy atom. The van der Waals surface area contributed by atoms with Crippen molar-refractivity contribution in [3.8, 4) is 0 Å². The van der Waals surface area contributed by atoms with E-state index in [1.807, 2.05) is 0 Å². The molecule has 1 aromatic heterocycles. The smallest absolute Gasteiger partial charge is 0.263 e. The van der Waals surface area contributed by atoms with Crippen LogP contribution in [0.2, 0.25) is 0 Å². The van der Waals surface area contributed by atoms with Crippen LogP contribution in [0.15, 0.2) is 41.4 Å². The summed E-state index contributed by atoms with van der Waals surface area (Å²) >= 11 is 0. The van der Waals surface area contributed by atoms with Gasteiger partial charge in [-0.2, -0.15) is 0 Å². The summed E-state index contributed by atoms with van der Waals surface area (Å²) in [5, 5.41) is 2.85. The molecule has 0 saturated heterocycles. The molecule has 0 aliphatic rings. The van der Waals surface area contributed by atoms with Gasteiger partial charge in [-0.3, -0.25) is 9.52 Å². The number of rotatable bonds is 6. The van der Waals surface area contributed by atoms with Crippen LogP contribution in [0.3, 0.4) is 0 Å². The summed E-state index contributed by atoms with van der Waals surface area (Å²) in [5.41, 5.74) is -0.241. The number of carbonyl (C=O) groups is 1. The molecular weight excluding hydrogens is 366 g/mol. The largest absolute Gasteiger partial charge is 0.359 e. The van der Waals surface area contributed by atoms with E-state index in [4.69, 9.17) is 0 Å². The predicted molar refractivity (Wildman–Crippen MR) is 93.2 cm³/mol. The van der Waals surface area contributed by atoms with Crippen molar-refractivity contribution in [2.24, 2.45) is 0 Å². The van der Waals surface area contributed by atoms with Gasteiger partial charge in [-0.15, -0.1) is 0 Å². The van der Waals surface area contributed by atoms with Crippen molar-refractivity contribution >= 4 is 27.4 Å². The lowest BCUT2D eigenvalue weighted by Gasteiger charge is -2.18. The first-order valence-corrected chi connectivity index (χ1v) is 8.99. The topological polar surface area (TPSA) is 91.4 Å². The number of halogens is 2. The molecule has 0 bridgehead atoms. The van der Waals surface area contributed by atoms with Gasteiger partial charge in [-0.25, -0.2) is 22.2 Å². The Morgan fingerprint density at radius 1 is 1.15 bits per heavy atom. The second-order valence-electron chi connectivity index (χ2n) is 5.74. The van der Waals surface area contributed by atoms with Crippen LogP contribution in [0.25, 0.3) is 0 Å². The van der Waals surface area contributed by atoms with Crippen LogP contribution in [-0.4, -0.2) is 44.3 Å². The number of likely N-dealkylation sites (N-methyl/N-ethyl adjacent to an activating group) is 1. The first-order chi connectivity index (χ1) is 12.1. The molecule has 2 aromatic rings. The number of amides is 1.